The molecular weight excluding hydrogens is 460 g/mol. The van der Waals surface area contributed by atoms with E-state index in [4.69, 9.17) is 38.0 Å². The molecule has 0 aliphatic carbocycles. The van der Waals surface area contributed by atoms with Crippen molar-refractivity contribution in [3.8, 4) is 17.2 Å². The van der Waals surface area contributed by atoms with Crippen molar-refractivity contribution in [3.05, 3.63) is 56.9 Å². The molecule has 2 aromatic carbocycles. The van der Waals surface area contributed by atoms with E-state index in [0.717, 1.165) is 22.3 Å². The largest absolute Gasteiger partial charge is 0.493 e. The normalized spacial score (nSPS) is 14.7. The number of hydrazine groups is 1. The fraction of sp³-hybridized carbons (Fsp3) is 0.190. The first-order valence-electron chi connectivity index (χ1n) is 8.94. The zero-order valence-corrected chi connectivity index (χ0v) is 19.5. The van der Waals surface area contributed by atoms with Gasteiger partial charge in [-0.05, 0) is 60.6 Å². The molecule has 0 aromatic heterocycles. The minimum absolute atomic E-state index is 0.195. The molecule has 3 rings (SSSR count). The highest BCUT2D eigenvalue weighted by molar-refractivity contribution is 8.26. The van der Waals surface area contributed by atoms with E-state index in [1.807, 2.05) is 6.92 Å². The number of thioether (sulfide) groups is 1. The standard InChI is InChI=1S/C21H19ClN2O5S2/c1-11-5-6-13(14(22)7-11)19(25)23-24-20(26)17(31-21(24)30)10-12-8-15(27-2)18(29-4)16(9-12)28-3/h5-10H,1-4H3,(H,23,25)/b17-10+. The van der Waals surface area contributed by atoms with Crippen LogP contribution in [0.2, 0.25) is 5.02 Å². The van der Waals surface area contributed by atoms with Gasteiger partial charge in [-0.25, -0.2) is 0 Å². The Bertz CT molecular complexity index is 1080. The molecule has 2 amide bonds. The van der Waals surface area contributed by atoms with Crippen molar-refractivity contribution in [1.29, 1.82) is 0 Å². The summed E-state index contributed by atoms with van der Waals surface area (Å²) in [5, 5.41) is 1.32. The Kier molecular flexibility index (Phi) is 7.09. The molecule has 1 heterocycles. The van der Waals surface area contributed by atoms with Gasteiger partial charge in [-0.1, -0.05) is 29.4 Å². The van der Waals surface area contributed by atoms with Gasteiger partial charge in [-0.3, -0.25) is 15.0 Å². The van der Waals surface area contributed by atoms with E-state index >= 15 is 0 Å². The van der Waals surface area contributed by atoms with Crippen LogP contribution in [0.5, 0.6) is 17.2 Å². The molecular formula is C21H19ClN2O5S2. The summed E-state index contributed by atoms with van der Waals surface area (Å²) >= 11 is 12.5. The van der Waals surface area contributed by atoms with Crippen LogP contribution in [0, 0.1) is 6.92 Å². The maximum Gasteiger partial charge on any atom is 0.285 e. The van der Waals surface area contributed by atoms with Crippen LogP contribution in [-0.2, 0) is 4.79 Å². The first kappa shape index (κ1) is 22.9. The molecule has 7 nitrogen and oxygen atoms in total. The van der Waals surface area contributed by atoms with Crippen molar-refractivity contribution in [2.45, 2.75) is 6.92 Å². The summed E-state index contributed by atoms with van der Waals surface area (Å²) in [6, 6.07) is 8.44. The molecule has 1 aliphatic rings. The molecule has 1 aliphatic heterocycles. The molecule has 31 heavy (non-hydrogen) atoms. The number of benzene rings is 2. The number of hydrogen-bond donors (Lipinski definition) is 1. The Morgan fingerprint density at radius 1 is 1.13 bits per heavy atom. The van der Waals surface area contributed by atoms with Crippen molar-refractivity contribution in [3.63, 3.8) is 0 Å². The zero-order valence-electron chi connectivity index (χ0n) is 17.1. The number of carbonyl (C=O) groups is 2. The average molecular weight is 479 g/mol. The molecule has 0 atom stereocenters. The maximum absolute atomic E-state index is 12.9. The fourth-order valence-corrected chi connectivity index (χ4v) is 4.37. The maximum atomic E-state index is 12.9. The van der Waals surface area contributed by atoms with Gasteiger partial charge in [0.25, 0.3) is 11.8 Å². The first-order valence-corrected chi connectivity index (χ1v) is 10.5. The second kappa shape index (κ2) is 9.59. The number of methoxy groups -OCH3 is 3. The number of nitrogens with zero attached hydrogens (tertiary/aromatic N) is 1. The number of amides is 2. The smallest absolute Gasteiger partial charge is 0.285 e. The highest BCUT2D eigenvalue weighted by atomic mass is 35.5. The number of halogens is 1. The van der Waals surface area contributed by atoms with E-state index in [-0.39, 0.29) is 14.9 Å². The van der Waals surface area contributed by atoms with Gasteiger partial charge < -0.3 is 14.2 Å². The number of thiocarbonyl (C=S) groups is 1. The Hall–Kier alpha value is -2.75. The third kappa shape index (κ3) is 4.79. The van der Waals surface area contributed by atoms with Gasteiger partial charge in [-0.2, -0.15) is 5.01 Å². The van der Waals surface area contributed by atoms with Gasteiger partial charge >= 0.3 is 0 Å². The van der Waals surface area contributed by atoms with Gasteiger partial charge in [0, 0.05) is 0 Å². The van der Waals surface area contributed by atoms with Crippen LogP contribution in [0.25, 0.3) is 6.08 Å². The van der Waals surface area contributed by atoms with Gasteiger partial charge in [0.2, 0.25) is 5.75 Å². The molecule has 10 heteroatoms. The van der Waals surface area contributed by atoms with E-state index in [1.165, 1.54) is 21.3 Å². The van der Waals surface area contributed by atoms with Crippen molar-refractivity contribution in [2.75, 3.05) is 21.3 Å². The lowest BCUT2D eigenvalue weighted by Crippen LogP contribution is -2.44. The lowest BCUT2D eigenvalue weighted by atomic mass is 10.1. The second-order valence-electron chi connectivity index (χ2n) is 6.40. The topological polar surface area (TPSA) is 77.1 Å². The number of carbonyl (C=O) groups excluding carboxylic acids is 2. The summed E-state index contributed by atoms with van der Waals surface area (Å²) in [6.07, 6.45) is 1.63. The molecule has 0 radical (unpaired) electrons. The molecule has 1 N–H and O–H groups in total. The average Bonchev–Trinajstić information content (AvgIpc) is 3.00. The summed E-state index contributed by atoms with van der Waals surface area (Å²) in [7, 11) is 4.52. The Morgan fingerprint density at radius 3 is 2.32 bits per heavy atom. The van der Waals surface area contributed by atoms with Crippen molar-refractivity contribution in [1.82, 2.24) is 10.4 Å². The first-order chi connectivity index (χ1) is 14.8. The number of nitrogens with one attached hydrogen (secondary N) is 1. The SMILES string of the molecule is COc1cc(/C=C2/SC(=S)N(NC(=O)c3ccc(C)cc3Cl)C2=O)cc(OC)c1OC. The second-order valence-corrected chi connectivity index (χ2v) is 8.48. The molecule has 2 aromatic rings. The van der Waals surface area contributed by atoms with Crippen molar-refractivity contribution in [2.24, 2.45) is 0 Å². The van der Waals surface area contributed by atoms with Crippen molar-refractivity contribution >= 4 is 57.8 Å². The number of rotatable bonds is 6. The number of aryl methyl sites for hydroxylation is 1. The van der Waals surface area contributed by atoms with Crippen LogP contribution in [0.3, 0.4) is 0 Å². The van der Waals surface area contributed by atoms with E-state index in [0.29, 0.717) is 27.7 Å². The molecule has 162 valence electrons. The highest BCUT2D eigenvalue weighted by Crippen LogP contribution is 2.40. The van der Waals surface area contributed by atoms with Crippen LogP contribution in [0.1, 0.15) is 21.5 Å². The monoisotopic (exact) mass is 478 g/mol. The van der Waals surface area contributed by atoms with Gasteiger partial charge in [0.15, 0.2) is 15.8 Å². The summed E-state index contributed by atoms with van der Waals surface area (Å²) < 4.78 is 16.2. The number of hydrogen-bond acceptors (Lipinski definition) is 7. The summed E-state index contributed by atoms with van der Waals surface area (Å²) in [6.45, 7) is 1.86. The van der Waals surface area contributed by atoms with Crippen LogP contribution in [0.15, 0.2) is 35.2 Å². The summed E-state index contributed by atoms with van der Waals surface area (Å²) in [5.74, 6) is 0.351. The van der Waals surface area contributed by atoms with Gasteiger partial charge in [0.1, 0.15) is 0 Å². The fourth-order valence-electron chi connectivity index (χ4n) is 2.87. The van der Waals surface area contributed by atoms with E-state index in [1.54, 1.807) is 36.4 Å². The van der Waals surface area contributed by atoms with Crippen LogP contribution in [-0.4, -0.2) is 42.5 Å². The predicted octanol–water partition coefficient (Wildman–Crippen LogP) is 4.22. The van der Waals surface area contributed by atoms with E-state index in [9.17, 15) is 9.59 Å². The van der Waals surface area contributed by atoms with Gasteiger partial charge in [0.05, 0.1) is 36.8 Å². The minimum Gasteiger partial charge on any atom is -0.493 e. The zero-order chi connectivity index (χ0) is 22.7. The summed E-state index contributed by atoms with van der Waals surface area (Å²) in [4.78, 5) is 25.8. The van der Waals surface area contributed by atoms with Crippen molar-refractivity contribution < 1.29 is 23.8 Å². The Balaban J connectivity index is 1.86. The molecule has 0 unspecified atom stereocenters. The third-order valence-corrected chi connectivity index (χ3v) is 5.98. The molecule has 0 bridgehead atoms. The van der Waals surface area contributed by atoms with Crippen LogP contribution in [0.4, 0.5) is 0 Å². The lowest BCUT2D eigenvalue weighted by Gasteiger charge is -2.16. The van der Waals surface area contributed by atoms with Gasteiger partial charge in [-0.15, -0.1) is 0 Å². The minimum atomic E-state index is -0.532. The molecule has 0 spiro atoms. The third-order valence-electron chi connectivity index (χ3n) is 4.36. The van der Waals surface area contributed by atoms with Crippen LogP contribution >= 0.6 is 35.6 Å². The molecule has 0 saturated carbocycles. The lowest BCUT2D eigenvalue weighted by molar-refractivity contribution is -0.123. The Morgan fingerprint density at radius 2 is 1.77 bits per heavy atom. The Labute approximate surface area is 194 Å². The highest BCUT2D eigenvalue weighted by Gasteiger charge is 2.34. The quantitative estimate of drug-likeness (QED) is 0.492. The van der Waals surface area contributed by atoms with E-state index < -0.39 is 11.8 Å². The number of ether oxygens (including phenoxy) is 3. The van der Waals surface area contributed by atoms with E-state index in [2.05, 4.69) is 5.43 Å². The predicted molar refractivity (Wildman–Crippen MR) is 125 cm³/mol. The van der Waals surface area contributed by atoms with Crippen LogP contribution < -0.4 is 19.6 Å². The molecule has 1 saturated heterocycles. The molecule has 1 fully saturated rings. The summed E-state index contributed by atoms with van der Waals surface area (Å²) in [5.41, 5.74) is 4.33.